The molecule has 0 amide bonds. The highest BCUT2D eigenvalue weighted by Gasteiger charge is 2.41. The van der Waals surface area contributed by atoms with Gasteiger partial charge in [-0.25, -0.2) is 9.55 Å². The monoisotopic (exact) mass is 319 g/mol. The Kier molecular flexibility index (Phi) is 3.12. The molecule has 4 heteroatoms. The minimum atomic E-state index is 0.310. The standard InChI is InChI=1S/C20H21N3O/c1-13-4-8-16(9-5-13)23-19-17(3-2-10-21-19)22-20(23)24-18-12-14-6-7-15(18)11-14/h2-5,8-10,14-15,18H,6-7,11-12H2,1H3. The van der Waals surface area contributed by atoms with Gasteiger partial charge in [0.1, 0.15) is 11.6 Å². The first kappa shape index (κ1) is 14.0. The van der Waals surface area contributed by atoms with Gasteiger partial charge in [-0.15, -0.1) is 0 Å². The van der Waals surface area contributed by atoms with Crippen LogP contribution in [-0.4, -0.2) is 20.6 Å². The number of hydrogen-bond acceptors (Lipinski definition) is 3. The first-order valence-corrected chi connectivity index (χ1v) is 8.85. The van der Waals surface area contributed by atoms with Crippen molar-refractivity contribution in [1.82, 2.24) is 14.5 Å². The summed E-state index contributed by atoms with van der Waals surface area (Å²) >= 11 is 0. The fraction of sp³-hybridized carbons (Fsp3) is 0.400. The van der Waals surface area contributed by atoms with Crippen molar-refractivity contribution in [2.75, 3.05) is 0 Å². The Morgan fingerprint density at radius 3 is 2.71 bits per heavy atom. The second-order valence-corrected chi connectivity index (χ2v) is 7.24. The van der Waals surface area contributed by atoms with Crippen molar-refractivity contribution in [3.05, 3.63) is 48.2 Å². The predicted octanol–water partition coefficient (Wildman–Crippen LogP) is 4.30. The molecule has 2 aliphatic carbocycles. The van der Waals surface area contributed by atoms with Gasteiger partial charge in [0.15, 0.2) is 5.65 Å². The lowest BCUT2D eigenvalue weighted by atomic mass is 9.98. The van der Waals surface area contributed by atoms with Crippen LogP contribution < -0.4 is 4.74 Å². The normalized spacial score (nSPS) is 25.5. The van der Waals surface area contributed by atoms with Gasteiger partial charge in [-0.2, -0.15) is 4.98 Å². The van der Waals surface area contributed by atoms with Crippen LogP contribution in [0.25, 0.3) is 16.9 Å². The number of ether oxygens (including phenoxy) is 1. The van der Waals surface area contributed by atoms with Gasteiger partial charge in [0.2, 0.25) is 0 Å². The fourth-order valence-electron chi connectivity index (χ4n) is 4.36. The molecule has 2 heterocycles. The molecule has 122 valence electrons. The zero-order valence-corrected chi connectivity index (χ0v) is 13.9. The van der Waals surface area contributed by atoms with Crippen molar-refractivity contribution >= 4 is 11.2 Å². The second kappa shape index (κ2) is 5.33. The van der Waals surface area contributed by atoms with Crippen LogP contribution in [0.15, 0.2) is 42.6 Å². The Balaban J connectivity index is 1.59. The van der Waals surface area contributed by atoms with Gasteiger partial charge in [-0.3, -0.25) is 0 Å². The minimum Gasteiger partial charge on any atom is -0.461 e. The third-order valence-electron chi connectivity index (χ3n) is 5.61. The van der Waals surface area contributed by atoms with Crippen molar-refractivity contribution in [2.24, 2.45) is 11.8 Å². The molecule has 0 radical (unpaired) electrons. The molecule has 0 saturated heterocycles. The lowest BCUT2D eigenvalue weighted by Crippen LogP contribution is -2.24. The van der Waals surface area contributed by atoms with E-state index in [0.29, 0.717) is 18.0 Å². The Morgan fingerprint density at radius 2 is 1.96 bits per heavy atom. The first-order valence-electron chi connectivity index (χ1n) is 8.85. The minimum absolute atomic E-state index is 0.310. The number of aromatic nitrogens is 3. The summed E-state index contributed by atoms with van der Waals surface area (Å²) in [5.74, 6) is 1.56. The summed E-state index contributed by atoms with van der Waals surface area (Å²) in [5, 5.41) is 0. The molecule has 2 bridgehead atoms. The molecular formula is C20H21N3O. The van der Waals surface area contributed by atoms with E-state index in [1.54, 1.807) is 0 Å². The number of rotatable bonds is 3. The highest BCUT2D eigenvalue weighted by molar-refractivity contribution is 5.74. The van der Waals surface area contributed by atoms with Crippen LogP contribution in [0.1, 0.15) is 31.2 Å². The van der Waals surface area contributed by atoms with Gasteiger partial charge >= 0.3 is 6.01 Å². The molecule has 2 fully saturated rings. The molecule has 1 aromatic carbocycles. The number of benzene rings is 1. The van der Waals surface area contributed by atoms with E-state index in [1.165, 1.54) is 31.2 Å². The third kappa shape index (κ3) is 2.20. The highest BCUT2D eigenvalue weighted by Crippen LogP contribution is 2.46. The molecule has 0 spiro atoms. The largest absolute Gasteiger partial charge is 0.461 e. The van der Waals surface area contributed by atoms with E-state index in [-0.39, 0.29) is 0 Å². The van der Waals surface area contributed by atoms with E-state index in [0.717, 1.165) is 22.8 Å². The molecule has 2 aromatic heterocycles. The van der Waals surface area contributed by atoms with Crippen LogP contribution in [0.3, 0.4) is 0 Å². The van der Waals surface area contributed by atoms with Crippen molar-refractivity contribution in [1.29, 1.82) is 0 Å². The van der Waals surface area contributed by atoms with E-state index in [1.807, 2.05) is 18.3 Å². The summed E-state index contributed by atoms with van der Waals surface area (Å²) in [6.45, 7) is 2.10. The molecule has 5 rings (SSSR count). The van der Waals surface area contributed by atoms with Crippen LogP contribution >= 0.6 is 0 Å². The summed E-state index contributed by atoms with van der Waals surface area (Å²) in [6.07, 6.45) is 7.31. The number of imidazole rings is 1. The average Bonchev–Trinajstić information content (AvgIpc) is 3.29. The summed E-state index contributed by atoms with van der Waals surface area (Å²) in [6, 6.07) is 13.1. The maximum Gasteiger partial charge on any atom is 0.303 e. The Bertz CT molecular complexity index is 884. The van der Waals surface area contributed by atoms with Crippen LogP contribution in [0.4, 0.5) is 0 Å². The summed E-state index contributed by atoms with van der Waals surface area (Å²) in [4.78, 5) is 9.28. The van der Waals surface area contributed by atoms with Gasteiger partial charge in [-0.05, 0) is 68.7 Å². The number of nitrogens with zero attached hydrogens (tertiary/aromatic N) is 3. The zero-order valence-electron chi connectivity index (χ0n) is 13.9. The SMILES string of the molecule is Cc1ccc(-n2c(OC3CC4CCC3C4)nc3cccnc32)cc1. The molecule has 3 aromatic rings. The first-order chi connectivity index (χ1) is 11.8. The molecule has 3 atom stereocenters. The van der Waals surface area contributed by atoms with Gasteiger partial charge in [0.05, 0.1) is 5.69 Å². The van der Waals surface area contributed by atoms with E-state index in [2.05, 4.69) is 40.7 Å². The Hall–Kier alpha value is -2.36. The average molecular weight is 319 g/mol. The summed E-state index contributed by atoms with van der Waals surface area (Å²) in [5.41, 5.74) is 4.04. The van der Waals surface area contributed by atoms with Crippen LogP contribution in [-0.2, 0) is 0 Å². The molecule has 0 aliphatic heterocycles. The Labute approximate surface area is 141 Å². The van der Waals surface area contributed by atoms with Crippen molar-refractivity contribution in [3.8, 4) is 11.7 Å². The van der Waals surface area contributed by atoms with Crippen LogP contribution in [0.2, 0.25) is 0 Å². The third-order valence-corrected chi connectivity index (χ3v) is 5.61. The fourth-order valence-corrected chi connectivity index (χ4v) is 4.36. The molecule has 3 unspecified atom stereocenters. The van der Waals surface area contributed by atoms with E-state index in [9.17, 15) is 0 Å². The molecule has 4 nitrogen and oxygen atoms in total. The van der Waals surface area contributed by atoms with Crippen LogP contribution in [0.5, 0.6) is 6.01 Å². The maximum atomic E-state index is 6.42. The summed E-state index contributed by atoms with van der Waals surface area (Å²) < 4.78 is 8.48. The number of hydrogen-bond donors (Lipinski definition) is 0. The molecule has 2 aliphatic rings. The maximum absolute atomic E-state index is 6.42. The second-order valence-electron chi connectivity index (χ2n) is 7.24. The smallest absolute Gasteiger partial charge is 0.303 e. The van der Waals surface area contributed by atoms with Gasteiger partial charge in [0.25, 0.3) is 0 Å². The van der Waals surface area contributed by atoms with Gasteiger partial charge in [0, 0.05) is 6.20 Å². The van der Waals surface area contributed by atoms with E-state index >= 15 is 0 Å². The molecule has 24 heavy (non-hydrogen) atoms. The van der Waals surface area contributed by atoms with Gasteiger partial charge in [-0.1, -0.05) is 17.7 Å². The topological polar surface area (TPSA) is 39.9 Å². The van der Waals surface area contributed by atoms with Crippen molar-refractivity contribution < 1.29 is 4.74 Å². The molecular weight excluding hydrogens is 298 g/mol. The van der Waals surface area contributed by atoms with Crippen LogP contribution in [0, 0.1) is 18.8 Å². The predicted molar refractivity (Wildman–Crippen MR) is 93.5 cm³/mol. The highest BCUT2D eigenvalue weighted by atomic mass is 16.5. The summed E-state index contributed by atoms with van der Waals surface area (Å²) in [7, 11) is 0. The zero-order chi connectivity index (χ0) is 16.1. The number of aryl methyl sites for hydroxylation is 1. The lowest BCUT2D eigenvalue weighted by Gasteiger charge is -2.22. The Morgan fingerprint density at radius 1 is 1.08 bits per heavy atom. The van der Waals surface area contributed by atoms with Crippen molar-refractivity contribution in [2.45, 2.75) is 38.7 Å². The number of fused-ring (bicyclic) bond motifs is 3. The van der Waals surface area contributed by atoms with E-state index < -0.39 is 0 Å². The lowest BCUT2D eigenvalue weighted by molar-refractivity contribution is 0.124. The van der Waals surface area contributed by atoms with Crippen molar-refractivity contribution in [3.63, 3.8) is 0 Å². The molecule has 0 N–H and O–H groups in total. The number of pyridine rings is 1. The van der Waals surface area contributed by atoms with E-state index in [4.69, 9.17) is 9.72 Å². The van der Waals surface area contributed by atoms with Gasteiger partial charge < -0.3 is 4.74 Å². The molecule has 2 saturated carbocycles. The quantitative estimate of drug-likeness (QED) is 0.723.